The number of piperazine rings is 1. The summed E-state index contributed by atoms with van der Waals surface area (Å²) in [5, 5.41) is 9.54. The van der Waals surface area contributed by atoms with E-state index in [2.05, 4.69) is 0 Å². The number of benzene rings is 1. The Hall–Kier alpha value is -2.04. The van der Waals surface area contributed by atoms with Crippen LogP contribution in [0.15, 0.2) is 18.2 Å². The Morgan fingerprint density at radius 2 is 2.05 bits per heavy atom. The summed E-state index contributed by atoms with van der Waals surface area (Å²) in [7, 11) is 0. The number of carboxylic acid groups (broad SMARTS) is 1. The quantitative estimate of drug-likeness (QED) is 0.862. The second-order valence-electron chi connectivity index (χ2n) is 5.90. The molecule has 2 aliphatic heterocycles. The fraction of sp³-hybridized carbons (Fsp3) is 0.500. The SMILES string of the molecule is Cc1cccc(C2C3CCC(=O)N3CCN2C(=O)O)c1C. The molecule has 0 radical (unpaired) electrons. The zero-order valence-electron chi connectivity index (χ0n) is 12.4. The molecule has 0 aromatic heterocycles. The molecular formula is C16H20N2O3. The van der Waals surface area contributed by atoms with Gasteiger partial charge >= 0.3 is 6.09 Å². The third-order valence-corrected chi connectivity index (χ3v) is 4.87. The van der Waals surface area contributed by atoms with Gasteiger partial charge in [-0.05, 0) is 37.0 Å². The van der Waals surface area contributed by atoms with Crippen molar-refractivity contribution in [1.29, 1.82) is 0 Å². The lowest BCUT2D eigenvalue weighted by Crippen LogP contribution is -2.54. The minimum absolute atomic E-state index is 0.0251. The smallest absolute Gasteiger partial charge is 0.407 e. The van der Waals surface area contributed by atoms with Crippen LogP contribution in [0.4, 0.5) is 4.79 Å². The maximum atomic E-state index is 12.0. The lowest BCUT2D eigenvalue weighted by molar-refractivity contribution is -0.131. The molecule has 1 aromatic rings. The minimum Gasteiger partial charge on any atom is -0.465 e. The normalized spacial score (nSPS) is 25.1. The Morgan fingerprint density at radius 3 is 2.76 bits per heavy atom. The van der Waals surface area contributed by atoms with Crippen LogP contribution < -0.4 is 0 Å². The van der Waals surface area contributed by atoms with E-state index in [1.165, 1.54) is 4.90 Å². The van der Waals surface area contributed by atoms with E-state index in [9.17, 15) is 14.7 Å². The summed E-state index contributed by atoms with van der Waals surface area (Å²) < 4.78 is 0. The van der Waals surface area contributed by atoms with Crippen molar-refractivity contribution in [3.63, 3.8) is 0 Å². The van der Waals surface area contributed by atoms with Crippen LogP contribution in [0.5, 0.6) is 0 Å². The van der Waals surface area contributed by atoms with E-state index in [1.54, 1.807) is 0 Å². The summed E-state index contributed by atoms with van der Waals surface area (Å²) in [4.78, 5) is 27.0. The van der Waals surface area contributed by atoms with Gasteiger partial charge in [-0.15, -0.1) is 0 Å². The van der Waals surface area contributed by atoms with Crippen molar-refractivity contribution in [2.24, 2.45) is 0 Å². The Morgan fingerprint density at radius 1 is 1.29 bits per heavy atom. The molecule has 0 aliphatic carbocycles. The van der Waals surface area contributed by atoms with Gasteiger partial charge in [0.2, 0.25) is 5.91 Å². The zero-order chi connectivity index (χ0) is 15.1. The Kier molecular flexibility index (Phi) is 3.35. The summed E-state index contributed by atoms with van der Waals surface area (Å²) in [5.74, 6) is 0.153. The highest BCUT2D eigenvalue weighted by molar-refractivity contribution is 5.80. The maximum Gasteiger partial charge on any atom is 0.407 e. The Labute approximate surface area is 124 Å². The standard InChI is InChI=1S/C16H20N2O3/c1-10-4-3-5-12(11(10)2)15-13-6-7-14(19)17(13)8-9-18(15)16(20)21/h3-5,13,15H,6-9H2,1-2H3,(H,20,21). The number of carbonyl (C=O) groups excluding carboxylic acids is 1. The van der Waals surface area contributed by atoms with Crippen LogP contribution in [-0.2, 0) is 4.79 Å². The van der Waals surface area contributed by atoms with Gasteiger partial charge in [0.1, 0.15) is 0 Å². The second kappa shape index (κ2) is 5.06. The van der Waals surface area contributed by atoms with Gasteiger partial charge in [0.25, 0.3) is 0 Å². The van der Waals surface area contributed by atoms with Crippen molar-refractivity contribution >= 4 is 12.0 Å². The van der Waals surface area contributed by atoms with E-state index in [0.29, 0.717) is 19.5 Å². The Balaban J connectivity index is 2.07. The van der Waals surface area contributed by atoms with E-state index < -0.39 is 6.09 Å². The summed E-state index contributed by atoms with van der Waals surface area (Å²) in [6.45, 7) is 4.96. The maximum absolute atomic E-state index is 12.0. The number of amides is 2. The van der Waals surface area contributed by atoms with Gasteiger partial charge in [0, 0.05) is 19.5 Å². The molecular weight excluding hydrogens is 268 g/mol. The molecule has 2 heterocycles. The topological polar surface area (TPSA) is 60.9 Å². The fourth-order valence-electron chi connectivity index (χ4n) is 3.62. The highest BCUT2D eigenvalue weighted by atomic mass is 16.4. The average molecular weight is 288 g/mol. The number of rotatable bonds is 1. The highest BCUT2D eigenvalue weighted by Gasteiger charge is 2.45. The molecule has 21 heavy (non-hydrogen) atoms. The zero-order valence-corrected chi connectivity index (χ0v) is 12.4. The second-order valence-corrected chi connectivity index (χ2v) is 5.90. The summed E-state index contributed by atoms with van der Waals surface area (Å²) in [6.07, 6.45) is 0.361. The largest absolute Gasteiger partial charge is 0.465 e. The third-order valence-electron chi connectivity index (χ3n) is 4.87. The first-order valence-electron chi connectivity index (χ1n) is 7.36. The molecule has 0 bridgehead atoms. The number of nitrogens with zero attached hydrogens (tertiary/aromatic N) is 2. The first-order valence-corrected chi connectivity index (χ1v) is 7.36. The van der Waals surface area contributed by atoms with E-state index in [0.717, 1.165) is 23.1 Å². The molecule has 0 saturated carbocycles. The fourth-order valence-corrected chi connectivity index (χ4v) is 3.62. The molecule has 2 saturated heterocycles. The van der Waals surface area contributed by atoms with Crippen LogP contribution in [0, 0.1) is 13.8 Å². The number of carbonyl (C=O) groups is 2. The van der Waals surface area contributed by atoms with Gasteiger partial charge in [-0.25, -0.2) is 4.79 Å². The molecule has 2 aliphatic rings. The third kappa shape index (κ3) is 2.17. The van der Waals surface area contributed by atoms with Crippen LogP contribution in [0.1, 0.15) is 35.6 Å². The molecule has 2 unspecified atom stereocenters. The lowest BCUT2D eigenvalue weighted by atomic mass is 9.89. The van der Waals surface area contributed by atoms with E-state index >= 15 is 0 Å². The molecule has 112 valence electrons. The van der Waals surface area contributed by atoms with E-state index in [1.807, 2.05) is 36.9 Å². The predicted octanol–water partition coefficient (Wildman–Crippen LogP) is 2.33. The van der Waals surface area contributed by atoms with Gasteiger partial charge in [-0.1, -0.05) is 18.2 Å². The minimum atomic E-state index is -0.903. The molecule has 1 N–H and O–H groups in total. The monoisotopic (exact) mass is 288 g/mol. The molecule has 2 amide bonds. The van der Waals surface area contributed by atoms with Crippen molar-refractivity contribution in [2.45, 2.75) is 38.8 Å². The van der Waals surface area contributed by atoms with Gasteiger partial charge in [0.15, 0.2) is 0 Å². The first kappa shape index (κ1) is 13.9. The van der Waals surface area contributed by atoms with Crippen molar-refractivity contribution < 1.29 is 14.7 Å². The van der Waals surface area contributed by atoms with Crippen molar-refractivity contribution in [3.8, 4) is 0 Å². The number of fused-ring (bicyclic) bond motifs is 1. The molecule has 0 spiro atoms. The lowest BCUT2D eigenvalue weighted by Gasteiger charge is -2.44. The van der Waals surface area contributed by atoms with Crippen molar-refractivity contribution in [1.82, 2.24) is 9.80 Å². The van der Waals surface area contributed by atoms with E-state index in [-0.39, 0.29) is 18.0 Å². The van der Waals surface area contributed by atoms with E-state index in [4.69, 9.17) is 0 Å². The highest BCUT2D eigenvalue weighted by Crippen LogP contribution is 2.39. The van der Waals surface area contributed by atoms with Crippen LogP contribution in [0.25, 0.3) is 0 Å². The van der Waals surface area contributed by atoms with Gasteiger partial charge < -0.3 is 10.0 Å². The summed E-state index contributed by atoms with van der Waals surface area (Å²) in [6, 6.07) is 5.72. The van der Waals surface area contributed by atoms with Gasteiger partial charge in [-0.2, -0.15) is 0 Å². The molecule has 3 rings (SSSR count). The summed E-state index contributed by atoms with van der Waals surface area (Å²) >= 11 is 0. The van der Waals surface area contributed by atoms with Crippen molar-refractivity contribution in [3.05, 3.63) is 34.9 Å². The van der Waals surface area contributed by atoms with Gasteiger partial charge in [-0.3, -0.25) is 9.69 Å². The average Bonchev–Trinajstić information content (AvgIpc) is 2.83. The summed E-state index contributed by atoms with van der Waals surface area (Å²) in [5.41, 5.74) is 3.30. The number of aryl methyl sites for hydroxylation is 1. The Bertz CT molecular complexity index is 599. The van der Waals surface area contributed by atoms with Crippen molar-refractivity contribution in [2.75, 3.05) is 13.1 Å². The van der Waals surface area contributed by atoms with Crippen LogP contribution in [-0.4, -0.2) is 46.0 Å². The van der Waals surface area contributed by atoms with Crippen LogP contribution in [0.2, 0.25) is 0 Å². The van der Waals surface area contributed by atoms with Gasteiger partial charge in [0.05, 0.1) is 12.1 Å². The predicted molar refractivity (Wildman–Crippen MR) is 78.1 cm³/mol. The molecule has 1 aromatic carbocycles. The number of hydrogen-bond donors (Lipinski definition) is 1. The molecule has 5 nitrogen and oxygen atoms in total. The van der Waals surface area contributed by atoms with Crippen LogP contribution >= 0.6 is 0 Å². The molecule has 2 fully saturated rings. The van der Waals surface area contributed by atoms with Crippen LogP contribution in [0.3, 0.4) is 0 Å². The molecule has 2 atom stereocenters. The first-order chi connectivity index (χ1) is 10.0. The molecule has 5 heteroatoms. The number of hydrogen-bond acceptors (Lipinski definition) is 2.